The molecule has 104 valence electrons. The molecule has 2 aliphatic rings. The van der Waals surface area contributed by atoms with E-state index in [9.17, 15) is 0 Å². The Labute approximate surface area is 123 Å². The lowest BCUT2D eigenvalue weighted by molar-refractivity contribution is 0.406. The van der Waals surface area contributed by atoms with Crippen molar-refractivity contribution in [2.75, 3.05) is 13.7 Å². The summed E-state index contributed by atoms with van der Waals surface area (Å²) in [4.78, 5) is 1.40. The van der Waals surface area contributed by atoms with Crippen LogP contribution in [0.3, 0.4) is 0 Å². The molecule has 2 aromatic rings. The fourth-order valence-electron chi connectivity index (χ4n) is 3.26. The summed E-state index contributed by atoms with van der Waals surface area (Å²) in [6, 6.07) is 6.59. The molecule has 0 spiro atoms. The van der Waals surface area contributed by atoms with Gasteiger partial charge in [-0.1, -0.05) is 0 Å². The van der Waals surface area contributed by atoms with Crippen LogP contribution in [-0.2, 0) is 17.6 Å². The van der Waals surface area contributed by atoms with Crippen molar-refractivity contribution in [3.05, 3.63) is 40.3 Å². The molecule has 0 amide bonds. The van der Waals surface area contributed by atoms with Gasteiger partial charge in [-0.2, -0.15) is 0 Å². The van der Waals surface area contributed by atoms with E-state index < -0.39 is 0 Å². The van der Waals surface area contributed by atoms with Crippen LogP contribution in [0.25, 0.3) is 10.4 Å². The molecule has 1 saturated heterocycles. The van der Waals surface area contributed by atoms with Gasteiger partial charge < -0.3 is 9.47 Å². The second-order valence-corrected chi connectivity index (χ2v) is 6.42. The van der Waals surface area contributed by atoms with Crippen LogP contribution < -0.4 is 4.74 Å². The Morgan fingerprint density at radius 2 is 1.95 bits per heavy atom. The minimum atomic E-state index is 0.331. The summed E-state index contributed by atoms with van der Waals surface area (Å²) < 4.78 is 11.0. The number of thiophene rings is 1. The molecule has 0 saturated carbocycles. The predicted octanol–water partition coefficient (Wildman–Crippen LogP) is 4.37. The number of fused-ring (bicyclic) bond motifs is 1. The lowest BCUT2D eigenvalue weighted by Crippen LogP contribution is -2.06. The van der Waals surface area contributed by atoms with Crippen LogP contribution >= 0.6 is 11.3 Å². The van der Waals surface area contributed by atoms with Gasteiger partial charge in [-0.05, 0) is 66.0 Å². The van der Waals surface area contributed by atoms with Gasteiger partial charge >= 0.3 is 0 Å². The van der Waals surface area contributed by atoms with Crippen LogP contribution in [0.1, 0.15) is 35.6 Å². The first-order chi connectivity index (χ1) is 9.88. The molecular formula is C17H18O2S. The maximum absolute atomic E-state index is 5.55. The second-order valence-electron chi connectivity index (χ2n) is 5.51. The number of epoxide rings is 1. The lowest BCUT2D eigenvalue weighted by Gasteiger charge is -2.22. The van der Waals surface area contributed by atoms with Gasteiger partial charge in [-0.15, -0.1) is 11.3 Å². The van der Waals surface area contributed by atoms with Crippen LogP contribution in [0.4, 0.5) is 0 Å². The van der Waals surface area contributed by atoms with Gasteiger partial charge in [-0.25, -0.2) is 0 Å². The highest BCUT2D eigenvalue weighted by molar-refractivity contribution is 7.13. The summed E-state index contributed by atoms with van der Waals surface area (Å²) in [5.74, 6) is 1.06. The lowest BCUT2D eigenvalue weighted by atomic mass is 9.86. The molecule has 1 unspecified atom stereocenters. The average Bonchev–Trinajstić information content (AvgIpc) is 3.24. The van der Waals surface area contributed by atoms with E-state index in [2.05, 4.69) is 23.6 Å². The molecule has 1 aliphatic heterocycles. The zero-order valence-corrected chi connectivity index (χ0v) is 12.5. The Balaban J connectivity index is 1.87. The third-order valence-corrected chi connectivity index (χ3v) is 5.30. The molecule has 1 aromatic carbocycles. The summed E-state index contributed by atoms with van der Waals surface area (Å²) in [5.41, 5.74) is 5.70. The van der Waals surface area contributed by atoms with E-state index >= 15 is 0 Å². The highest BCUT2D eigenvalue weighted by Gasteiger charge is 2.30. The average molecular weight is 286 g/mol. The number of hydrogen-bond acceptors (Lipinski definition) is 3. The van der Waals surface area contributed by atoms with Crippen LogP contribution in [0.2, 0.25) is 0 Å². The molecular weight excluding hydrogens is 268 g/mol. The van der Waals surface area contributed by atoms with E-state index in [1.165, 1.54) is 46.4 Å². The van der Waals surface area contributed by atoms with Crippen molar-refractivity contribution in [2.45, 2.75) is 31.8 Å². The molecule has 2 heterocycles. The van der Waals surface area contributed by atoms with E-state index in [0.29, 0.717) is 6.10 Å². The van der Waals surface area contributed by atoms with Gasteiger partial charge in [0, 0.05) is 10.4 Å². The SMILES string of the molecule is COc1ccc(-c2sccc2C2CO2)c2c1CCCC2. The Hall–Kier alpha value is -1.32. The van der Waals surface area contributed by atoms with E-state index in [-0.39, 0.29) is 0 Å². The van der Waals surface area contributed by atoms with Crippen LogP contribution in [0, 0.1) is 0 Å². The van der Waals surface area contributed by atoms with Gasteiger partial charge in [0.2, 0.25) is 0 Å². The maximum atomic E-state index is 5.55. The molecule has 2 nitrogen and oxygen atoms in total. The molecule has 0 radical (unpaired) electrons. The number of hydrogen-bond donors (Lipinski definition) is 0. The van der Waals surface area contributed by atoms with E-state index in [4.69, 9.17) is 9.47 Å². The van der Waals surface area contributed by atoms with Crippen molar-refractivity contribution in [3.63, 3.8) is 0 Å². The monoisotopic (exact) mass is 286 g/mol. The normalized spacial score (nSPS) is 20.6. The topological polar surface area (TPSA) is 21.8 Å². The maximum Gasteiger partial charge on any atom is 0.122 e. The smallest absolute Gasteiger partial charge is 0.122 e. The molecule has 1 aliphatic carbocycles. The molecule has 4 rings (SSSR count). The van der Waals surface area contributed by atoms with Crippen molar-refractivity contribution < 1.29 is 9.47 Å². The second kappa shape index (κ2) is 4.90. The third-order valence-electron chi connectivity index (χ3n) is 4.33. The fourth-order valence-corrected chi connectivity index (χ4v) is 4.26. The van der Waals surface area contributed by atoms with Crippen LogP contribution in [0.5, 0.6) is 5.75 Å². The summed E-state index contributed by atoms with van der Waals surface area (Å²) >= 11 is 1.84. The minimum Gasteiger partial charge on any atom is -0.496 e. The Bertz CT molecular complexity index is 640. The molecule has 0 bridgehead atoms. The quantitative estimate of drug-likeness (QED) is 0.781. The summed E-state index contributed by atoms with van der Waals surface area (Å²) in [6.45, 7) is 0.877. The van der Waals surface area contributed by atoms with E-state index in [1.807, 2.05) is 11.3 Å². The molecule has 1 aromatic heterocycles. The highest BCUT2D eigenvalue weighted by atomic mass is 32.1. The van der Waals surface area contributed by atoms with Crippen molar-refractivity contribution in [1.82, 2.24) is 0 Å². The van der Waals surface area contributed by atoms with Gasteiger partial charge in [0.05, 0.1) is 13.7 Å². The Morgan fingerprint density at radius 3 is 2.70 bits per heavy atom. The summed E-state index contributed by atoms with van der Waals surface area (Å²) in [7, 11) is 1.78. The standard InChI is InChI=1S/C17H18O2S/c1-18-15-7-6-13(11-4-2-3-5-12(11)15)17-14(8-9-20-17)16-10-19-16/h6-9,16H,2-5,10H2,1H3. The highest BCUT2D eigenvalue weighted by Crippen LogP contribution is 2.44. The minimum absolute atomic E-state index is 0.331. The van der Waals surface area contributed by atoms with Gasteiger partial charge in [0.25, 0.3) is 0 Å². The Kier molecular flexibility index (Phi) is 3.04. The molecule has 3 heteroatoms. The van der Waals surface area contributed by atoms with Crippen LogP contribution in [-0.4, -0.2) is 13.7 Å². The number of ether oxygens (including phenoxy) is 2. The van der Waals surface area contributed by atoms with Crippen molar-refractivity contribution in [2.24, 2.45) is 0 Å². The van der Waals surface area contributed by atoms with Gasteiger partial charge in [0.1, 0.15) is 11.9 Å². The van der Waals surface area contributed by atoms with Gasteiger partial charge in [-0.3, -0.25) is 0 Å². The zero-order chi connectivity index (χ0) is 13.5. The molecule has 0 N–H and O–H groups in total. The largest absolute Gasteiger partial charge is 0.496 e. The number of rotatable bonds is 3. The summed E-state index contributed by atoms with van der Waals surface area (Å²) in [6.07, 6.45) is 5.21. The summed E-state index contributed by atoms with van der Waals surface area (Å²) in [5, 5.41) is 2.19. The first kappa shape index (κ1) is 12.4. The first-order valence-corrected chi connectivity index (χ1v) is 8.14. The molecule has 1 atom stereocenters. The Morgan fingerprint density at radius 1 is 1.15 bits per heavy atom. The fraction of sp³-hybridized carbons (Fsp3) is 0.412. The van der Waals surface area contributed by atoms with Crippen LogP contribution in [0.15, 0.2) is 23.6 Å². The van der Waals surface area contributed by atoms with Gasteiger partial charge in [0.15, 0.2) is 0 Å². The number of methoxy groups -OCH3 is 1. The zero-order valence-electron chi connectivity index (χ0n) is 11.6. The van der Waals surface area contributed by atoms with Crippen molar-refractivity contribution >= 4 is 11.3 Å². The predicted molar refractivity (Wildman–Crippen MR) is 81.6 cm³/mol. The molecule has 20 heavy (non-hydrogen) atoms. The van der Waals surface area contributed by atoms with Crippen molar-refractivity contribution in [3.8, 4) is 16.2 Å². The van der Waals surface area contributed by atoms with E-state index in [0.717, 1.165) is 18.8 Å². The molecule has 1 fully saturated rings. The van der Waals surface area contributed by atoms with E-state index in [1.54, 1.807) is 7.11 Å². The number of benzene rings is 1. The van der Waals surface area contributed by atoms with Crippen molar-refractivity contribution in [1.29, 1.82) is 0 Å². The third kappa shape index (κ3) is 1.97. The first-order valence-electron chi connectivity index (χ1n) is 7.26.